The van der Waals surface area contributed by atoms with E-state index in [-0.39, 0.29) is 11.8 Å². The first-order valence-corrected chi connectivity index (χ1v) is 11.8. The van der Waals surface area contributed by atoms with Crippen molar-refractivity contribution in [2.45, 2.75) is 39.7 Å². The largest absolute Gasteiger partial charge is 0.489 e. The third-order valence-corrected chi connectivity index (χ3v) is 6.53. The molecule has 0 spiro atoms. The van der Waals surface area contributed by atoms with Crippen LogP contribution in [-0.2, 0) is 11.4 Å². The van der Waals surface area contributed by atoms with Gasteiger partial charge < -0.3 is 10.1 Å². The minimum Gasteiger partial charge on any atom is -0.489 e. The molecule has 1 atom stereocenters. The molecule has 0 radical (unpaired) electrons. The molecule has 9 nitrogen and oxygen atoms in total. The highest BCUT2D eigenvalue weighted by molar-refractivity contribution is 5.95. The first-order valence-electron chi connectivity index (χ1n) is 11.8. The van der Waals surface area contributed by atoms with Gasteiger partial charge in [0.05, 0.1) is 5.69 Å². The number of nitrogens with zero attached hydrogens (tertiary/aromatic N) is 6. The predicted molar refractivity (Wildman–Crippen MR) is 134 cm³/mol. The number of hydrogen-bond acceptors (Lipinski definition) is 6. The minimum atomic E-state index is -0.197. The second-order valence-electron chi connectivity index (χ2n) is 9.09. The lowest BCUT2D eigenvalue weighted by Crippen LogP contribution is -2.25. The Morgan fingerprint density at radius 3 is 2.61 bits per heavy atom. The van der Waals surface area contributed by atoms with Crippen LogP contribution < -0.4 is 10.1 Å². The van der Waals surface area contributed by atoms with E-state index >= 15 is 0 Å². The van der Waals surface area contributed by atoms with Gasteiger partial charge in [-0.1, -0.05) is 48.0 Å². The minimum absolute atomic E-state index is 0.0801. The topological polar surface area (TPSA) is 99.2 Å². The first-order chi connectivity index (χ1) is 17.5. The molecule has 2 aromatic carbocycles. The molecule has 36 heavy (non-hydrogen) atoms. The molecule has 0 bridgehead atoms. The highest BCUT2D eigenvalue weighted by atomic mass is 16.5. The fourth-order valence-corrected chi connectivity index (χ4v) is 4.72. The maximum Gasteiger partial charge on any atom is 0.226 e. The van der Waals surface area contributed by atoms with Crippen LogP contribution in [0.15, 0.2) is 60.7 Å². The van der Waals surface area contributed by atoms with Crippen LogP contribution in [0.25, 0.3) is 11.5 Å². The van der Waals surface area contributed by atoms with Crippen molar-refractivity contribution in [3.63, 3.8) is 0 Å². The van der Waals surface area contributed by atoms with Crippen molar-refractivity contribution in [1.29, 1.82) is 0 Å². The third kappa shape index (κ3) is 3.78. The maximum absolute atomic E-state index is 12.9. The van der Waals surface area contributed by atoms with E-state index in [0.29, 0.717) is 36.1 Å². The molecule has 9 heteroatoms. The maximum atomic E-state index is 12.9. The van der Waals surface area contributed by atoms with Crippen LogP contribution in [0.5, 0.6) is 5.75 Å². The number of aryl methyl sites for hydroxylation is 3. The molecule has 4 heterocycles. The monoisotopic (exact) mass is 479 g/mol. The fraction of sp³-hybridized carbons (Fsp3) is 0.222. The number of benzene rings is 2. The zero-order valence-electron chi connectivity index (χ0n) is 20.3. The van der Waals surface area contributed by atoms with Gasteiger partial charge in [0.25, 0.3) is 0 Å². The Kier molecular flexibility index (Phi) is 5.25. The lowest BCUT2D eigenvalue weighted by molar-refractivity contribution is -0.116. The zero-order chi connectivity index (χ0) is 24.8. The van der Waals surface area contributed by atoms with E-state index in [1.807, 2.05) is 50.2 Å². The van der Waals surface area contributed by atoms with Crippen LogP contribution in [-0.4, -0.2) is 35.5 Å². The predicted octanol–water partition coefficient (Wildman–Crippen LogP) is 4.29. The number of nitrogens with one attached hydrogen (secondary N) is 1. The molecule has 0 unspecified atom stereocenters. The van der Waals surface area contributed by atoms with Crippen molar-refractivity contribution in [2.24, 2.45) is 0 Å². The summed E-state index contributed by atoms with van der Waals surface area (Å²) in [4.78, 5) is 12.9. The van der Waals surface area contributed by atoms with Gasteiger partial charge in [0.1, 0.15) is 18.2 Å². The summed E-state index contributed by atoms with van der Waals surface area (Å²) < 4.78 is 9.61. The Balaban J connectivity index is 1.39. The molecule has 3 aromatic heterocycles. The Hall–Kier alpha value is -4.53. The quantitative estimate of drug-likeness (QED) is 0.404. The molecule has 1 aliphatic heterocycles. The zero-order valence-corrected chi connectivity index (χ0v) is 20.3. The number of amides is 1. The summed E-state index contributed by atoms with van der Waals surface area (Å²) >= 11 is 0. The van der Waals surface area contributed by atoms with Crippen molar-refractivity contribution >= 4 is 17.4 Å². The highest BCUT2D eigenvalue weighted by Crippen LogP contribution is 2.43. The smallest absolute Gasteiger partial charge is 0.226 e. The van der Waals surface area contributed by atoms with E-state index in [0.717, 1.165) is 28.1 Å². The number of fused-ring (bicyclic) bond motifs is 2. The van der Waals surface area contributed by atoms with Crippen LogP contribution in [0.2, 0.25) is 0 Å². The molecule has 0 aliphatic carbocycles. The van der Waals surface area contributed by atoms with Gasteiger partial charge in [-0.15, -0.1) is 15.3 Å². The number of para-hydroxylation sites is 1. The SMILES string of the molecule is Cc1ccc(COc2ccccc2[C@H]2CC(=O)Nc3c2c(C)nn3-c2ccc3nnc(C)n3n2)cc1. The molecule has 6 rings (SSSR count). The Labute approximate surface area is 207 Å². The molecule has 1 aliphatic rings. The Morgan fingerprint density at radius 2 is 1.78 bits per heavy atom. The fourth-order valence-electron chi connectivity index (χ4n) is 4.72. The van der Waals surface area contributed by atoms with Gasteiger partial charge in [0.2, 0.25) is 5.91 Å². The van der Waals surface area contributed by atoms with E-state index in [4.69, 9.17) is 9.84 Å². The van der Waals surface area contributed by atoms with Gasteiger partial charge in [0, 0.05) is 23.5 Å². The Bertz CT molecular complexity index is 1600. The van der Waals surface area contributed by atoms with Gasteiger partial charge >= 0.3 is 0 Å². The van der Waals surface area contributed by atoms with Crippen molar-refractivity contribution in [2.75, 3.05) is 5.32 Å². The van der Waals surface area contributed by atoms with Gasteiger partial charge in [-0.25, -0.2) is 0 Å². The second-order valence-corrected chi connectivity index (χ2v) is 9.09. The summed E-state index contributed by atoms with van der Waals surface area (Å²) in [6.45, 7) is 6.31. The summed E-state index contributed by atoms with van der Waals surface area (Å²) in [6, 6.07) is 19.9. The molecule has 0 fully saturated rings. The van der Waals surface area contributed by atoms with Gasteiger partial charge in [-0.3, -0.25) is 4.79 Å². The number of ether oxygens (including phenoxy) is 1. The lowest BCUT2D eigenvalue weighted by atomic mass is 9.85. The molecule has 0 saturated carbocycles. The summed E-state index contributed by atoms with van der Waals surface area (Å²) in [5.74, 6) is 2.35. The van der Waals surface area contributed by atoms with Crippen molar-refractivity contribution in [3.05, 3.63) is 94.4 Å². The molecular weight excluding hydrogens is 454 g/mol. The van der Waals surface area contributed by atoms with E-state index in [2.05, 4.69) is 51.8 Å². The van der Waals surface area contributed by atoms with E-state index in [1.165, 1.54) is 5.56 Å². The third-order valence-electron chi connectivity index (χ3n) is 6.53. The van der Waals surface area contributed by atoms with Crippen LogP contribution in [0.3, 0.4) is 0 Å². The Morgan fingerprint density at radius 1 is 0.972 bits per heavy atom. The van der Waals surface area contributed by atoms with Gasteiger partial charge in [-0.05, 0) is 44.5 Å². The average molecular weight is 480 g/mol. The molecule has 1 N–H and O–H groups in total. The number of aromatic nitrogens is 6. The first kappa shape index (κ1) is 22.0. The molecule has 5 aromatic rings. The number of carbonyl (C=O) groups is 1. The number of hydrogen-bond donors (Lipinski definition) is 1. The summed E-state index contributed by atoms with van der Waals surface area (Å²) in [7, 11) is 0. The lowest BCUT2D eigenvalue weighted by Gasteiger charge is -2.26. The van der Waals surface area contributed by atoms with Gasteiger partial charge in [0.15, 0.2) is 17.3 Å². The average Bonchev–Trinajstić information content (AvgIpc) is 3.42. The van der Waals surface area contributed by atoms with Crippen LogP contribution in [0.1, 0.15) is 46.1 Å². The van der Waals surface area contributed by atoms with E-state index in [1.54, 1.807) is 9.20 Å². The molecule has 0 saturated heterocycles. The summed E-state index contributed by atoms with van der Waals surface area (Å²) in [5, 5.41) is 20.6. The molecule has 1 amide bonds. The van der Waals surface area contributed by atoms with Crippen LogP contribution in [0.4, 0.5) is 5.82 Å². The summed E-state index contributed by atoms with van der Waals surface area (Å²) in [5.41, 5.74) is 5.69. The van der Waals surface area contributed by atoms with Crippen molar-refractivity contribution in [3.8, 4) is 11.6 Å². The number of anilines is 1. The van der Waals surface area contributed by atoms with E-state index in [9.17, 15) is 4.79 Å². The number of carbonyl (C=O) groups excluding carboxylic acids is 1. The molecular formula is C27H25N7O2. The summed E-state index contributed by atoms with van der Waals surface area (Å²) in [6.07, 6.45) is 0.307. The molecule has 180 valence electrons. The van der Waals surface area contributed by atoms with Crippen molar-refractivity contribution < 1.29 is 9.53 Å². The number of rotatable bonds is 5. The van der Waals surface area contributed by atoms with Crippen LogP contribution in [0, 0.1) is 20.8 Å². The van der Waals surface area contributed by atoms with Gasteiger partial charge in [-0.2, -0.15) is 14.3 Å². The highest BCUT2D eigenvalue weighted by Gasteiger charge is 2.34. The van der Waals surface area contributed by atoms with Crippen molar-refractivity contribution in [1.82, 2.24) is 29.6 Å². The normalized spacial score (nSPS) is 15.1. The van der Waals surface area contributed by atoms with E-state index < -0.39 is 0 Å². The van der Waals surface area contributed by atoms with Crippen LogP contribution >= 0.6 is 0 Å². The standard InChI is InChI=1S/C27H25N7O2/c1-16-8-10-19(11-9-16)15-36-22-7-5-4-6-20(22)21-14-25(35)28-27-26(21)17(2)31-34(27)24-13-12-23-30-29-18(3)33(23)32-24/h4-13,21H,14-15H2,1-3H3,(H,28,35)/t21-/m1/s1. The second kappa shape index (κ2) is 8.60.